The van der Waals surface area contributed by atoms with Crippen LogP contribution in [-0.4, -0.2) is 10.1 Å². The molecule has 1 rings (SSSR count). The van der Waals surface area contributed by atoms with Gasteiger partial charge >= 0.3 is 0 Å². The minimum absolute atomic E-state index is 0.0154. The van der Waals surface area contributed by atoms with E-state index >= 15 is 0 Å². The standard InChI is InChI=1S/C9H9F2N3O/c10-9(11)6-1-5(2-12)14-8(4-15)7(6)3-13/h1,9,15H,2,4,12H2. The second kappa shape index (κ2) is 4.77. The lowest BCUT2D eigenvalue weighted by atomic mass is 10.1. The van der Waals surface area contributed by atoms with Gasteiger partial charge in [0.25, 0.3) is 6.43 Å². The predicted molar refractivity (Wildman–Crippen MR) is 47.7 cm³/mol. The summed E-state index contributed by atoms with van der Waals surface area (Å²) in [4.78, 5) is 3.79. The van der Waals surface area contributed by atoms with E-state index in [9.17, 15) is 8.78 Å². The second-order valence-electron chi connectivity index (χ2n) is 2.80. The van der Waals surface area contributed by atoms with E-state index < -0.39 is 18.6 Å². The fraction of sp³-hybridized carbons (Fsp3) is 0.333. The summed E-state index contributed by atoms with van der Waals surface area (Å²) >= 11 is 0. The zero-order valence-corrected chi connectivity index (χ0v) is 7.74. The van der Waals surface area contributed by atoms with E-state index in [1.807, 2.05) is 0 Å². The van der Waals surface area contributed by atoms with Gasteiger partial charge in [-0.3, -0.25) is 4.98 Å². The average molecular weight is 213 g/mol. The van der Waals surface area contributed by atoms with Gasteiger partial charge in [0.05, 0.1) is 23.6 Å². The number of pyridine rings is 1. The van der Waals surface area contributed by atoms with Gasteiger partial charge in [0.1, 0.15) is 6.07 Å². The first-order valence-corrected chi connectivity index (χ1v) is 4.15. The van der Waals surface area contributed by atoms with Gasteiger partial charge in [0.15, 0.2) is 0 Å². The first-order chi connectivity index (χ1) is 7.13. The van der Waals surface area contributed by atoms with Gasteiger partial charge in [-0.25, -0.2) is 8.78 Å². The zero-order chi connectivity index (χ0) is 11.4. The highest BCUT2D eigenvalue weighted by atomic mass is 19.3. The Bertz CT molecular complexity index is 401. The SMILES string of the molecule is N#Cc1c(C(F)F)cc(CN)nc1CO. The third kappa shape index (κ3) is 2.26. The van der Waals surface area contributed by atoms with Gasteiger partial charge < -0.3 is 10.8 Å². The van der Waals surface area contributed by atoms with Crippen molar-refractivity contribution in [3.05, 3.63) is 28.6 Å². The van der Waals surface area contributed by atoms with E-state index in [4.69, 9.17) is 16.1 Å². The van der Waals surface area contributed by atoms with Crippen LogP contribution in [0.25, 0.3) is 0 Å². The lowest BCUT2D eigenvalue weighted by molar-refractivity contribution is 0.150. The van der Waals surface area contributed by atoms with Crippen molar-refractivity contribution in [1.82, 2.24) is 4.98 Å². The molecule has 0 aromatic carbocycles. The average Bonchev–Trinajstić information content (AvgIpc) is 2.26. The van der Waals surface area contributed by atoms with Crippen molar-refractivity contribution in [1.29, 1.82) is 5.26 Å². The summed E-state index contributed by atoms with van der Waals surface area (Å²) in [5, 5.41) is 17.6. The molecule has 4 nitrogen and oxygen atoms in total. The molecule has 15 heavy (non-hydrogen) atoms. The Morgan fingerprint density at radius 2 is 2.27 bits per heavy atom. The molecule has 0 aliphatic heterocycles. The van der Waals surface area contributed by atoms with E-state index in [0.29, 0.717) is 0 Å². The lowest BCUT2D eigenvalue weighted by Crippen LogP contribution is -2.07. The Morgan fingerprint density at radius 1 is 1.60 bits per heavy atom. The summed E-state index contributed by atoms with van der Waals surface area (Å²) in [7, 11) is 0. The minimum atomic E-state index is -2.78. The molecular weight excluding hydrogens is 204 g/mol. The third-order valence-corrected chi connectivity index (χ3v) is 1.88. The van der Waals surface area contributed by atoms with Crippen LogP contribution in [-0.2, 0) is 13.2 Å². The Labute approximate surface area is 85.0 Å². The van der Waals surface area contributed by atoms with Crippen LogP contribution in [0.15, 0.2) is 6.07 Å². The van der Waals surface area contributed by atoms with E-state index in [2.05, 4.69) is 4.98 Å². The monoisotopic (exact) mass is 213 g/mol. The number of aliphatic hydroxyl groups is 1. The third-order valence-electron chi connectivity index (χ3n) is 1.88. The molecule has 0 radical (unpaired) electrons. The van der Waals surface area contributed by atoms with E-state index in [-0.39, 0.29) is 23.5 Å². The van der Waals surface area contributed by atoms with Crippen LogP contribution in [0.2, 0.25) is 0 Å². The second-order valence-corrected chi connectivity index (χ2v) is 2.80. The van der Waals surface area contributed by atoms with Crippen LogP contribution in [0, 0.1) is 11.3 Å². The number of hydrogen-bond donors (Lipinski definition) is 2. The van der Waals surface area contributed by atoms with Gasteiger partial charge in [-0.2, -0.15) is 5.26 Å². The number of nitriles is 1. The number of aliphatic hydroxyl groups excluding tert-OH is 1. The molecule has 3 N–H and O–H groups in total. The summed E-state index contributed by atoms with van der Waals surface area (Å²) in [6, 6.07) is 2.69. The van der Waals surface area contributed by atoms with Crippen LogP contribution < -0.4 is 5.73 Å². The molecule has 0 fully saturated rings. The fourth-order valence-corrected chi connectivity index (χ4v) is 1.20. The molecule has 1 aromatic heterocycles. The quantitative estimate of drug-likeness (QED) is 0.779. The topological polar surface area (TPSA) is 82.9 Å². The normalized spacial score (nSPS) is 10.4. The Morgan fingerprint density at radius 3 is 2.67 bits per heavy atom. The van der Waals surface area contributed by atoms with Crippen molar-refractivity contribution >= 4 is 0 Å². The summed E-state index contributed by atoms with van der Waals surface area (Å²) in [6.45, 7) is -0.575. The van der Waals surface area contributed by atoms with Gasteiger partial charge in [-0.1, -0.05) is 0 Å². The maximum Gasteiger partial charge on any atom is 0.265 e. The predicted octanol–water partition coefficient (Wildman–Crippen LogP) is 0.842. The number of rotatable bonds is 3. The molecular formula is C9H9F2N3O. The van der Waals surface area contributed by atoms with Crippen molar-refractivity contribution < 1.29 is 13.9 Å². The van der Waals surface area contributed by atoms with E-state index in [1.165, 1.54) is 0 Å². The van der Waals surface area contributed by atoms with Crippen LogP contribution in [0.4, 0.5) is 8.78 Å². The lowest BCUT2D eigenvalue weighted by Gasteiger charge is -2.08. The highest BCUT2D eigenvalue weighted by molar-refractivity contribution is 5.42. The number of hydrogen-bond acceptors (Lipinski definition) is 4. The maximum absolute atomic E-state index is 12.5. The first kappa shape index (κ1) is 11.5. The molecule has 0 bridgehead atoms. The number of aromatic nitrogens is 1. The van der Waals surface area contributed by atoms with Gasteiger partial charge in [0, 0.05) is 12.1 Å². The molecule has 0 atom stereocenters. The zero-order valence-electron chi connectivity index (χ0n) is 7.74. The van der Waals surface area contributed by atoms with E-state index in [1.54, 1.807) is 6.07 Å². The van der Waals surface area contributed by atoms with Crippen molar-refractivity contribution in [2.24, 2.45) is 5.73 Å². The molecule has 0 aliphatic carbocycles. The smallest absolute Gasteiger partial charge is 0.265 e. The summed E-state index contributed by atoms with van der Waals surface area (Å²) in [5.74, 6) is 0. The largest absolute Gasteiger partial charge is 0.390 e. The number of alkyl halides is 2. The number of nitrogens with two attached hydrogens (primary N) is 1. The Balaban J connectivity index is 3.41. The van der Waals surface area contributed by atoms with Crippen LogP contribution in [0.1, 0.15) is 28.9 Å². The van der Waals surface area contributed by atoms with Crippen LogP contribution in [0.3, 0.4) is 0 Å². The number of nitrogens with zero attached hydrogens (tertiary/aromatic N) is 2. The molecule has 0 unspecified atom stereocenters. The van der Waals surface area contributed by atoms with Crippen molar-refractivity contribution in [2.45, 2.75) is 19.6 Å². The first-order valence-electron chi connectivity index (χ1n) is 4.15. The highest BCUT2D eigenvalue weighted by Crippen LogP contribution is 2.25. The summed E-state index contributed by atoms with van der Waals surface area (Å²) < 4.78 is 25.1. The highest BCUT2D eigenvalue weighted by Gasteiger charge is 2.18. The molecule has 1 heterocycles. The van der Waals surface area contributed by atoms with Crippen molar-refractivity contribution in [2.75, 3.05) is 0 Å². The number of halogens is 2. The summed E-state index contributed by atoms with van der Waals surface area (Å²) in [5.41, 5.74) is 4.73. The fourth-order valence-electron chi connectivity index (χ4n) is 1.20. The Kier molecular flexibility index (Phi) is 3.66. The molecule has 0 aliphatic rings. The van der Waals surface area contributed by atoms with E-state index in [0.717, 1.165) is 6.07 Å². The summed E-state index contributed by atoms with van der Waals surface area (Å²) in [6.07, 6.45) is -2.78. The Hall–Kier alpha value is -1.58. The van der Waals surface area contributed by atoms with Gasteiger partial charge in [0.2, 0.25) is 0 Å². The minimum Gasteiger partial charge on any atom is -0.390 e. The van der Waals surface area contributed by atoms with Gasteiger partial charge in [-0.05, 0) is 6.07 Å². The van der Waals surface area contributed by atoms with Crippen LogP contribution in [0.5, 0.6) is 0 Å². The van der Waals surface area contributed by atoms with Gasteiger partial charge in [-0.15, -0.1) is 0 Å². The molecule has 0 spiro atoms. The van der Waals surface area contributed by atoms with Crippen molar-refractivity contribution in [3.63, 3.8) is 0 Å². The molecule has 80 valence electrons. The molecule has 6 heteroatoms. The molecule has 0 amide bonds. The maximum atomic E-state index is 12.5. The molecule has 1 aromatic rings. The van der Waals surface area contributed by atoms with Crippen molar-refractivity contribution in [3.8, 4) is 6.07 Å². The van der Waals surface area contributed by atoms with Crippen LogP contribution >= 0.6 is 0 Å². The molecule has 0 saturated carbocycles. The molecule has 0 saturated heterocycles.